The Balaban J connectivity index is 1.89. The van der Waals surface area contributed by atoms with E-state index >= 15 is 0 Å². The summed E-state index contributed by atoms with van der Waals surface area (Å²) in [5.74, 6) is -0.00752. The molecule has 0 spiro atoms. The first kappa shape index (κ1) is 16.0. The average Bonchev–Trinajstić information content (AvgIpc) is 3.04. The maximum absolute atomic E-state index is 12.5. The molecule has 2 rings (SSSR count). The van der Waals surface area contributed by atoms with Crippen LogP contribution >= 0.6 is 0 Å². The molecule has 1 aliphatic carbocycles. The second-order valence-corrected chi connectivity index (χ2v) is 5.63. The Labute approximate surface area is 126 Å². The molecule has 0 bridgehead atoms. The van der Waals surface area contributed by atoms with Gasteiger partial charge in [0, 0.05) is 12.6 Å². The normalized spacial score (nSPS) is 16.9. The lowest BCUT2D eigenvalue weighted by molar-refractivity contribution is -0.146. The highest BCUT2D eigenvalue weighted by molar-refractivity contribution is 5.80. The van der Waals surface area contributed by atoms with E-state index in [1.54, 1.807) is 6.92 Å². The molecule has 4 heteroatoms. The molecule has 0 aliphatic heterocycles. The minimum Gasteiger partial charge on any atom is -0.395 e. The lowest BCUT2D eigenvalue weighted by atomic mass is 10.2. The van der Waals surface area contributed by atoms with Gasteiger partial charge in [0.1, 0.15) is 6.10 Å². The molecule has 0 heterocycles. The third kappa shape index (κ3) is 4.55. The molecule has 116 valence electrons. The molecule has 1 saturated carbocycles. The van der Waals surface area contributed by atoms with Crippen molar-refractivity contribution >= 4 is 5.91 Å². The predicted molar refractivity (Wildman–Crippen MR) is 81.7 cm³/mol. The lowest BCUT2D eigenvalue weighted by Crippen LogP contribution is -2.45. The molecule has 0 saturated heterocycles. The Hall–Kier alpha value is -1.39. The maximum Gasteiger partial charge on any atom is 0.251 e. The van der Waals surface area contributed by atoms with E-state index in [2.05, 4.69) is 0 Å². The molecule has 1 atom stereocenters. The molecule has 1 amide bonds. The van der Waals surface area contributed by atoms with Gasteiger partial charge in [0.25, 0.3) is 5.91 Å². The second kappa shape index (κ2) is 8.15. The summed E-state index contributed by atoms with van der Waals surface area (Å²) in [6.45, 7) is 2.64. The summed E-state index contributed by atoms with van der Waals surface area (Å²) in [5, 5.41) is 9.20. The van der Waals surface area contributed by atoms with Crippen molar-refractivity contribution in [1.82, 2.24) is 4.90 Å². The van der Waals surface area contributed by atoms with Gasteiger partial charge in [-0.2, -0.15) is 0 Å². The summed E-state index contributed by atoms with van der Waals surface area (Å²) >= 11 is 0. The van der Waals surface area contributed by atoms with Crippen LogP contribution in [0, 0.1) is 0 Å². The molecule has 1 aromatic rings. The number of nitrogens with zero attached hydrogens (tertiary/aromatic N) is 1. The number of ether oxygens (including phenoxy) is 1. The van der Waals surface area contributed by atoms with Crippen LogP contribution in [0.4, 0.5) is 0 Å². The van der Waals surface area contributed by atoms with E-state index in [0.717, 1.165) is 18.4 Å². The number of amides is 1. The van der Waals surface area contributed by atoms with Crippen molar-refractivity contribution in [1.29, 1.82) is 0 Å². The first-order chi connectivity index (χ1) is 10.2. The maximum atomic E-state index is 12.5. The van der Waals surface area contributed by atoms with Crippen LogP contribution in [-0.4, -0.2) is 41.2 Å². The zero-order valence-corrected chi connectivity index (χ0v) is 12.7. The van der Waals surface area contributed by atoms with Crippen LogP contribution in [0.5, 0.6) is 0 Å². The summed E-state index contributed by atoms with van der Waals surface area (Å²) < 4.78 is 5.70. The molecular weight excluding hydrogens is 266 g/mol. The third-order valence-electron chi connectivity index (χ3n) is 4.08. The van der Waals surface area contributed by atoms with Gasteiger partial charge >= 0.3 is 0 Å². The van der Waals surface area contributed by atoms with E-state index in [4.69, 9.17) is 4.74 Å². The molecular formula is C17H25NO3. The Morgan fingerprint density at radius 1 is 1.33 bits per heavy atom. The molecule has 21 heavy (non-hydrogen) atoms. The first-order valence-corrected chi connectivity index (χ1v) is 7.79. The van der Waals surface area contributed by atoms with Crippen molar-refractivity contribution in [2.75, 3.05) is 13.2 Å². The number of carbonyl (C=O) groups excluding carboxylic acids is 1. The van der Waals surface area contributed by atoms with Crippen LogP contribution in [0.2, 0.25) is 0 Å². The highest BCUT2D eigenvalue weighted by atomic mass is 16.5. The summed E-state index contributed by atoms with van der Waals surface area (Å²) in [6.07, 6.45) is 3.93. The number of aliphatic hydroxyl groups excluding tert-OH is 1. The van der Waals surface area contributed by atoms with Crippen LogP contribution < -0.4 is 0 Å². The van der Waals surface area contributed by atoms with Gasteiger partial charge in [0.15, 0.2) is 0 Å². The Morgan fingerprint density at radius 3 is 2.62 bits per heavy atom. The smallest absolute Gasteiger partial charge is 0.251 e. The molecule has 1 aromatic carbocycles. The summed E-state index contributed by atoms with van der Waals surface area (Å²) in [7, 11) is 0. The molecule has 0 aromatic heterocycles. The summed E-state index contributed by atoms with van der Waals surface area (Å²) in [4.78, 5) is 14.3. The van der Waals surface area contributed by atoms with Crippen molar-refractivity contribution in [2.24, 2.45) is 0 Å². The number of aliphatic hydroxyl groups is 1. The van der Waals surface area contributed by atoms with Crippen molar-refractivity contribution < 1.29 is 14.6 Å². The molecule has 1 N–H and O–H groups in total. The van der Waals surface area contributed by atoms with Gasteiger partial charge in [-0.3, -0.25) is 4.79 Å². The highest BCUT2D eigenvalue weighted by Crippen LogP contribution is 2.24. The summed E-state index contributed by atoms with van der Waals surface area (Å²) in [5.41, 5.74) is 1.06. The van der Waals surface area contributed by atoms with Crippen LogP contribution in [0.1, 0.15) is 38.2 Å². The minimum atomic E-state index is -0.475. The zero-order chi connectivity index (χ0) is 15.1. The fourth-order valence-electron chi connectivity index (χ4n) is 2.90. The van der Waals surface area contributed by atoms with Gasteiger partial charge in [-0.1, -0.05) is 43.2 Å². The molecule has 1 unspecified atom stereocenters. The number of benzene rings is 1. The minimum absolute atomic E-state index is 0.00752. The van der Waals surface area contributed by atoms with Gasteiger partial charge < -0.3 is 14.7 Å². The standard InChI is InChI=1S/C17H25NO3/c1-14(21-13-15-7-3-2-4-8-15)17(20)18(11-12-19)16-9-5-6-10-16/h2-4,7-8,14,16,19H,5-6,9-13H2,1H3. The van der Waals surface area contributed by atoms with Crippen LogP contribution in [0.15, 0.2) is 30.3 Å². The Bertz CT molecular complexity index is 429. The molecule has 4 nitrogen and oxygen atoms in total. The Kier molecular flexibility index (Phi) is 6.21. The van der Waals surface area contributed by atoms with Crippen LogP contribution in [0.25, 0.3) is 0 Å². The van der Waals surface area contributed by atoms with E-state index in [0.29, 0.717) is 13.2 Å². The molecule has 1 aliphatic rings. The van der Waals surface area contributed by atoms with Crippen molar-refractivity contribution in [2.45, 2.75) is 51.4 Å². The first-order valence-electron chi connectivity index (χ1n) is 7.79. The van der Waals surface area contributed by atoms with E-state index in [1.165, 1.54) is 12.8 Å². The lowest BCUT2D eigenvalue weighted by Gasteiger charge is -2.30. The van der Waals surface area contributed by atoms with Gasteiger partial charge in [0.05, 0.1) is 13.2 Å². The average molecular weight is 291 g/mol. The van der Waals surface area contributed by atoms with Crippen LogP contribution in [-0.2, 0) is 16.1 Å². The van der Waals surface area contributed by atoms with Gasteiger partial charge in [-0.15, -0.1) is 0 Å². The molecule has 0 radical (unpaired) electrons. The monoisotopic (exact) mass is 291 g/mol. The van der Waals surface area contributed by atoms with E-state index in [1.807, 2.05) is 35.2 Å². The number of carbonyl (C=O) groups is 1. The zero-order valence-electron chi connectivity index (χ0n) is 12.7. The van der Waals surface area contributed by atoms with Gasteiger partial charge in [-0.05, 0) is 25.3 Å². The Morgan fingerprint density at radius 2 is 2.00 bits per heavy atom. The van der Waals surface area contributed by atoms with E-state index in [9.17, 15) is 9.90 Å². The van der Waals surface area contributed by atoms with Gasteiger partial charge in [-0.25, -0.2) is 0 Å². The number of rotatable bonds is 7. The predicted octanol–water partition coefficient (Wildman–Crippen LogP) is 2.36. The van der Waals surface area contributed by atoms with Crippen molar-refractivity contribution in [3.63, 3.8) is 0 Å². The largest absolute Gasteiger partial charge is 0.395 e. The number of hydrogen-bond acceptors (Lipinski definition) is 3. The van der Waals surface area contributed by atoms with E-state index in [-0.39, 0.29) is 18.6 Å². The van der Waals surface area contributed by atoms with Crippen molar-refractivity contribution in [3.05, 3.63) is 35.9 Å². The van der Waals surface area contributed by atoms with E-state index < -0.39 is 6.10 Å². The van der Waals surface area contributed by atoms with Crippen LogP contribution in [0.3, 0.4) is 0 Å². The highest BCUT2D eigenvalue weighted by Gasteiger charge is 2.29. The fourth-order valence-corrected chi connectivity index (χ4v) is 2.90. The second-order valence-electron chi connectivity index (χ2n) is 5.63. The molecule has 1 fully saturated rings. The van der Waals surface area contributed by atoms with Crippen molar-refractivity contribution in [3.8, 4) is 0 Å². The fraction of sp³-hybridized carbons (Fsp3) is 0.588. The SMILES string of the molecule is CC(OCc1ccccc1)C(=O)N(CCO)C1CCCC1. The van der Waals surface area contributed by atoms with Gasteiger partial charge in [0.2, 0.25) is 0 Å². The number of hydrogen-bond donors (Lipinski definition) is 1. The quantitative estimate of drug-likeness (QED) is 0.839. The topological polar surface area (TPSA) is 49.8 Å². The third-order valence-corrected chi connectivity index (χ3v) is 4.08. The summed E-state index contributed by atoms with van der Waals surface area (Å²) in [6, 6.07) is 10.1.